The van der Waals surface area contributed by atoms with E-state index < -0.39 is 0 Å². The number of nitrogens with zero attached hydrogens (tertiary/aromatic N) is 3. The molecule has 1 aromatic heterocycles. The van der Waals surface area contributed by atoms with E-state index in [-0.39, 0.29) is 6.10 Å². The number of pyridine rings is 1. The van der Waals surface area contributed by atoms with Gasteiger partial charge in [-0.05, 0) is 12.1 Å². The van der Waals surface area contributed by atoms with Crippen molar-refractivity contribution in [1.29, 1.82) is 0 Å². The van der Waals surface area contributed by atoms with Crippen LogP contribution in [0.3, 0.4) is 0 Å². The van der Waals surface area contributed by atoms with Gasteiger partial charge in [-0.3, -0.25) is 4.90 Å². The Morgan fingerprint density at radius 3 is 2.74 bits per heavy atom. The van der Waals surface area contributed by atoms with Crippen molar-refractivity contribution in [3.05, 3.63) is 24.4 Å². The molecule has 2 aliphatic heterocycles. The Balaban J connectivity index is 1.46. The molecule has 0 N–H and O–H groups in total. The summed E-state index contributed by atoms with van der Waals surface area (Å²) in [7, 11) is 0. The van der Waals surface area contributed by atoms with Gasteiger partial charge in [0.2, 0.25) is 0 Å². The minimum atomic E-state index is 0.246. The van der Waals surface area contributed by atoms with Crippen molar-refractivity contribution >= 4 is 5.82 Å². The summed E-state index contributed by atoms with van der Waals surface area (Å²) in [6, 6.07) is 6.08. The zero-order chi connectivity index (χ0) is 12.9. The first-order chi connectivity index (χ1) is 9.42. The Labute approximate surface area is 114 Å². The van der Waals surface area contributed by atoms with E-state index in [1.54, 1.807) is 0 Å². The fraction of sp³-hybridized carbons (Fsp3) is 0.643. The van der Waals surface area contributed by atoms with E-state index in [2.05, 4.69) is 20.9 Å². The molecule has 104 valence electrons. The van der Waals surface area contributed by atoms with Crippen molar-refractivity contribution in [3.63, 3.8) is 0 Å². The molecule has 2 fully saturated rings. The molecule has 1 atom stereocenters. The third-order valence-corrected chi connectivity index (χ3v) is 3.69. The Bertz CT molecular complexity index is 374. The van der Waals surface area contributed by atoms with Crippen molar-refractivity contribution in [2.45, 2.75) is 6.10 Å². The zero-order valence-electron chi connectivity index (χ0n) is 11.2. The zero-order valence-corrected chi connectivity index (χ0v) is 11.2. The molecule has 2 aliphatic rings. The Morgan fingerprint density at radius 1 is 1.16 bits per heavy atom. The van der Waals surface area contributed by atoms with E-state index in [0.717, 1.165) is 58.4 Å². The van der Waals surface area contributed by atoms with Gasteiger partial charge in [-0.2, -0.15) is 0 Å². The summed E-state index contributed by atoms with van der Waals surface area (Å²) in [5.41, 5.74) is 0. The second-order valence-electron chi connectivity index (χ2n) is 5.04. The summed E-state index contributed by atoms with van der Waals surface area (Å²) in [4.78, 5) is 9.20. The van der Waals surface area contributed by atoms with Crippen LogP contribution in [0.2, 0.25) is 0 Å². The normalized spacial score (nSPS) is 25.5. The van der Waals surface area contributed by atoms with Crippen LogP contribution in [0.15, 0.2) is 24.4 Å². The molecular weight excluding hydrogens is 242 g/mol. The van der Waals surface area contributed by atoms with Gasteiger partial charge in [0.15, 0.2) is 0 Å². The van der Waals surface area contributed by atoms with Crippen molar-refractivity contribution in [1.82, 2.24) is 9.88 Å². The molecular formula is C14H21N3O2. The topological polar surface area (TPSA) is 37.8 Å². The molecule has 0 unspecified atom stereocenters. The van der Waals surface area contributed by atoms with Crippen LogP contribution in [-0.2, 0) is 9.47 Å². The number of anilines is 1. The highest BCUT2D eigenvalue weighted by molar-refractivity contribution is 5.38. The van der Waals surface area contributed by atoms with E-state index >= 15 is 0 Å². The van der Waals surface area contributed by atoms with Crippen LogP contribution < -0.4 is 4.90 Å². The number of aromatic nitrogens is 1. The van der Waals surface area contributed by atoms with E-state index in [0.29, 0.717) is 0 Å². The van der Waals surface area contributed by atoms with Crippen LogP contribution in [-0.4, -0.2) is 68.5 Å². The lowest BCUT2D eigenvalue weighted by Gasteiger charge is -2.37. The first-order valence-corrected chi connectivity index (χ1v) is 6.99. The fourth-order valence-corrected chi connectivity index (χ4v) is 2.63. The Kier molecular flexibility index (Phi) is 4.27. The predicted molar refractivity (Wildman–Crippen MR) is 73.4 cm³/mol. The van der Waals surface area contributed by atoms with Crippen LogP contribution >= 0.6 is 0 Å². The summed E-state index contributed by atoms with van der Waals surface area (Å²) in [5, 5.41) is 0. The van der Waals surface area contributed by atoms with E-state index in [1.807, 2.05) is 18.3 Å². The van der Waals surface area contributed by atoms with Gasteiger partial charge in [-0.1, -0.05) is 6.07 Å². The highest BCUT2D eigenvalue weighted by Crippen LogP contribution is 2.13. The van der Waals surface area contributed by atoms with Crippen LogP contribution in [0.25, 0.3) is 0 Å². The largest absolute Gasteiger partial charge is 0.376 e. The highest BCUT2D eigenvalue weighted by Gasteiger charge is 2.22. The number of rotatable bonds is 3. The van der Waals surface area contributed by atoms with Crippen molar-refractivity contribution in [2.24, 2.45) is 0 Å². The fourth-order valence-electron chi connectivity index (χ4n) is 2.63. The molecule has 3 rings (SSSR count). The van der Waals surface area contributed by atoms with Crippen molar-refractivity contribution in [2.75, 3.05) is 57.4 Å². The molecule has 0 spiro atoms. The van der Waals surface area contributed by atoms with Crippen LogP contribution in [0.1, 0.15) is 0 Å². The minimum absolute atomic E-state index is 0.246. The molecule has 5 nitrogen and oxygen atoms in total. The molecule has 0 aliphatic carbocycles. The van der Waals surface area contributed by atoms with Gasteiger partial charge in [0.25, 0.3) is 0 Å². The Hall–Kier alpha value is -1.17. The number of piperazine rings is 1. The standard InChI is InChI=1S/C14H21N3O2/c1-2-4-15-14(3-1)17-7-5-16(6-8-17)11-13-12-18-9-10-19-13/h1-4,13H,5-12H2/t13-/m0/s1. The van der Waals surface area contributed by atoms with Gasteiger partial charge < -0.3 is 14.4 Å². The SMILES string of the molecule is c1ccc(N2CCN(C[C@H]3COCCO3)CC2)nc1. The Morgan fingerprint density at radius 2 is 2.05 bits per heavy atom. The molecule has 0 bridgehead atoms. The molecule has 2 saturated heterocycles. The van der Waals surface area contributed by atoms with E-state index in [9.17, 15) is 0 Å². The number of hydrogen-bond acceptors (Lipinski definition) is 5. The van der Waals surface area contributed by atoms with Gasteiger partial charge in [-0.25, -0.2) is 4.98 Å². The summed E-state index contributed by atoms with van der Waals surface area (Å²) >= 11 is 0. The van der Waals surface area contributed by atoms with Gasteiger partial charge in [-0.15, -0.1) is 0 Å². The third kappa shape index (κ3) is 3.43. The first kappa shape index (κ1) is 12.8. The molecule has 5 heteroatoms. The number of hydrogen-bond donors (Lipinski definition) is 0. The molecule has 0 saturated carbocycles. The number of ether oxygens (including phenoxy) is 2. The molecule has 19 heavy (non-hydrogen) atoms. The van der Waals surface area contributed by atoms with Gasteiger partial charge >= 0.3 is 0 Å². The molecule has 3 heterocycles. The molecule has 0 aromatic carbocycles. The average Bonchev–Trinajstić information content (AvgIpc) is 2.50. The van der Waals surface area contributed by atoms with Crippen molar-refractivity contribution in [3.8, 4) is 0 Å². The molecule has 0 radical (unpaired) electrons. The predicted octanol–water partition coefficient (Wildman–Crippen LogP) is 0.619. The maximum atomic E-state index is 5.70. The van der Waals surface area contributed by atoms with Gasteiger partial charge in [0, 0.05) is 38.9 Å². The van der Waals surface area contributed by atoms with E-state index in [4.69, 9.17) is 9.47 Å². The van der Waals surface area contributed by atoms with Crippen LogP contribution in [0, 0.1) is 0 Å². The molecule has 0 amide bonds. The summed E-state index contributed by atoms with van der Waals surface area (Å²) < 4.78 is 11.1. The lowest BCUT2D eigenvalue weighted by molar-refractivity contribution is -0.0977. The lowest BCUT2D eigenvalue weighted by atomic mass is 10.2. The molecule has 1 aromatic rings. The smallest absolute Gasteiger partial charge is 0.128 e. The summed E-state index contributed by atoms with van der Waals surface area (Å²) in [6.45, 7) is 7.39. The van der Waals surface area contributed by atoms with E-state index in [1.165, 1.54) is 0 Å². The lowest BCUT2D eigenvalue weighted by Crippen LogP contribution is -2.50. The van der Waals surface area contributed by atoms with Gasteiger partial charge in [0.1, 0.15) is 5.82 Å². The summed E-state index contributed by atoms with van der Waals surface area (Å²) in [5.74, 6) is 1.08. The summed E-state index contributed by atoms with van der Waals surface area (Å²) in [6.07, 6.45) is 2.10. The van der Waals surface area contributed by atoms with Crippen molar-refractivity contribution < 1.29 is 9.47 Å². The highest BCUT2D eigenvalue weighted by atomic mass is 16.6. The average molecular weight is 263 g/mol. The maximum Gasteiger partial charge on any atom is 0.128 e. The second kappa shape index (κ2) is 6.32. The maximum absolute atomic E-state index is 5.70. The first-order valence-electron chi connectivity index (χ1n) is 6.99. The van der Waals surface area contributed by atoms with Gasteiger partial charge in [0.05, 0.1) is 25.9 Å². The van der Waals surface area contributed by atoms with Crippen LogP contribution in [0.4, 0.5) is 5.82 Å². The van der Waals surface area contributed by atoms with Crippen LogP contribution in [0.5, 0.6) is 0 Å². The monoisotopic (exact) mass is 263 g/mol. The third-order valence-electron chi connectivity index (χ3n) is 3.69. The minimum Gasteiger partial charge on any atom is -0.376 e. The quantitative estimate of drug-likeness (QED) is 0.799. The second-order valence-corrected chi connectivity index (χ2v) is 5.04.